The molecule has 1 fully saturated rings. The number of nitriles is 1. The molecule has 2 N–H and O–H groups in total. The normalized spacial score (nSPS) is 15.0. The summed E-state index contributed by atoms with van der Waals surface area (Å²) < 4.78 is 7.57. The molecule has 5 heteroatoms. The Morgan fingerprint density at radius 2 is 2.00 bits per heavy atom. The van der Waals surface area contributed by atoms with E-state index in [0.29, 0.717) is 17.0 Å². The van der Waals surface area contributed by atoms with Gasteiger partial charge in [-0.3, -0.25) is 4.79 Å². The molecule has 0 aliphatic carbocycles. The highest BCUT2D eigenvalue weighted by Gasteiger charge is 2.20. The first-order valence-corrected chi connectivity index (χ1v) is 9.16. The second kappa shape index (κ2) is 8.31. The van der Waals surface area contributed by atoms with E-state index < -0.39 is 0 Å². The Hall–Kier alpha value is -2.42. The van der Waals surface area contributed by atoms with Gasteiger partial charge in [-0.25, -0.2) is 0 Å². The topological polar surface area (TPSA) is 81.0 Å². The molecule has 3 rings (SSSR count). The van der Waals surface area contributed by atoms with Gasteiger partial charge in [0.25, 0.3) is 0 Å². The van der Waals surface area contributed by atoms with E-state index in [0.717, 1.165) is 56.0 Å². The number of hydrogen-bond acceptors (Lipinski definition) is 4. The van der Waals surface area contributed by atoms with E-state index in [4.69, 9.17) is 15.7 Å². The number of carbonyl (C=O) groups is 1. The third-order valence-corrected chi connectivity index (χ3v) is 5.21. The number of benzene rings is 1. The number of aromatic nitrogens is 1. The fourth-order valence-corrected chi connectivity index (χ4v) is 3.68. The van der Waals surface area contributed by atoms with Crippen LogP contribution < -0.4 is 5.73 Å². The highest BCUT2D eigenvalue weighted by Crippen LogP contribution is 2.26. The molecular formula is C21H25N3O2. The maximum atomic E-state index is 12.2. The highest BCUT2D eigenvalue weighted by molar-refractivity contribution is 5.99. The van der Waals surface area contributed by atoms with Gasteiger partial charge in [0, 0.05) is 35.9 Å². The monoisotopic (exact) mass is 351 g/mol. The van der Waals surface area contributed by atoms with Crippen LogP contribution in [0.2, 0.25) is 0 Å². The first kappa shape index (κ1) is 18.4. The van der Waals surface area contributed by atoms with Crippen LogP contribution in [0.3, 0.4) is 0 Å². The van der Waals surface area contributed by atoms with Gasteiger partial charge in [0.05, 0.1) is 18.2 Å². The van der Waals surface area contributed by atoms with E-state index >= 15 is 0 Å². The second-order valence-corrected chi connectivity index (χ2v) is 6.85. The predicted molar refractivity (Wildman–Crippen MR) is 100 cm³/mol. The largest absolute Gasteiger partial charge is 0.381 e. The fraction of sp³-hybridized carbons (Fsp3) is 0.429. The van der Waals surface area contributed by atoms with Crippen molar-refractivity contribution in [3.63, 3.8) is 0 Å². The molecular weight excluding hydrogens is 326 g/mol. The van der Waals surface area contributed by atoms with Crippen LogP contribution in [0.4, 0.5) is 0 Å². The summed E-state index contributed by atoms with van der Waals surface area (Å²) >= 11 is 0. The minimum Gasteiger partial charge on any atom is -0.381 e. The standard InChI is InChI=1S/C21H25N3O2/c1-15-20(21(25)14-23)12-19(7-2-16-8-10-26-11-9-16)24(15)18-5-3-17(13-22)4-6-18/h3-6,12,16H,2,7-11,14,23H2,1H3. The molecule has 0 atom stereocenters. The van der Waals surface area contributed by atoms with Crippen molar-refractivity contribution in [1.29, 1.82) is 5.26 Å². The number of aryl methyl sites for hydroxylation is 1. The molecule has 1 aromatic carbocycles. The lowest BCUT2D eigenvalue weighted by Gasteiger charge is -2.22. The van der Waals surface area contributed by atoms with Crippen molar-refractivity contribution in [3.05, 3.63) is 52.8 Å². The lowest BCUT2D eigenvalue weighted by molar-refractivity contribution is 0.0639. The van der Waals surface area contributed by atoms with Crippen molar-refractivity contribution < 1.29 is 9.53 Å². The summed E-state index contributed by atoms with van der Waals surface area (Å²) in [6, 6.07) is 11.6. The van der Waals surface area contributed by atoms with E-state index in [1.165, 1.54) is 0 Å². The zero-order valence-corrected chi connectivity index (χ0v) is 15.2. The molecule has 5 nitrogen and oxygen atoms in total. The number of carbonyl (C=O) groups excluding carboxylic acids is 1. The van der Waals surface area contributed by atoms with Gasteiger partial charge in [0.15, 0.2) is 5.78 Å². The van der Waals surface area contributed by atoms with Crippen molar-refractivity contribution in [3.8, 4) is 11.8 Å². The number of ether oxygens (including phenoxy) is 1. The van der Waals surface area contributed by atoms with Crippen LogP contribution in [0.5, 0.6) is 0 Å². The zero-order valence-electron chi connectivity index (χ0n) is 15.2. The summed E-state index contributed by atoms with van der Waals surface area (Å²) in [4.78, 5) is 12.2. The number of hydrogen-bond donors (Lipinski definition) is 1. The fourth-order valence-electron chi connectivity index (χ4n) is 3.68. The molecule has 26 heavy (non-hydrogen) atoms. The Kier molecular flexibility index (Phi) is 5.87. The van der Waals surface area contributed by atoms with Gasteiger partial charge in [0.2, 0.25) is 0 Å². The average molecular weight is 351 g/mol. The lowest BCUT2D eigenvalue weighted by atomic mass is 9.94. The van der Waals surface area contributed by atoms with Crippen molar-refractivity contribution in [2.24, 2.45) is 11.7 Å². The summed E-state index contributed by atoms with van der Waals surface area (Å²) in [7, 11) is 0. The quantitative estimate of drug-likeness (QED) is 0.811. The van der Waals surface area contributed by atoms with Crippen molar-refractivity contribution in [2.75, 3.05) is 19.8 Å². The van der Waals surface area contributed by atoms with Crippen molar-refractivity contribution in [2.45, 2.75) is 32.6 Å². The summed E-state index contributed by atoms with van der Waals surface area (Å²) in [6.07, 6.45) is 4.19. The van der Waals surface area contributed by atoms with Gasteiger partial charge < -0.3 is 15.0 Å². The molecule has 1 aromatic heterocycles. The Balaban J connectivity index is 1.92. The smallest absolute Gasteiger partial charge is 0.178 e. The number of ketones is 1. The van der Waals surface area contributed by atoms with Gasteiger partial charge in [-0.1, -0.05) is 0 Å². The summed E-state index contributed by atoms with van der Waals surface area (Å²) in [5.74, 6) is 0.629. The first-order valence-electron chi connectivity index (χ1n) is 9.16. The molecule has 0 spiro atoms. The van der Waals surface area contributed by atoms with Gasteiger partial charge in [0.1, 0.15) is 0 Å². The Morgan fingerprint density at radius 3 is 2.62 bits per heavy atom. The zero-order chi connectivity index (χ0) is 18.5. The van der Waals surface area contributed by atoms with E-state index in [1.807, 2.05) is 25.1 Å². The van der Waals surface area contributed by atoms with E-state index in [9.17, 15) is 4.79 Å². The molecule has 1 saturated heterocycles. The van der Waals surface area contributed by atoms with Crippen LogP contribution in [0.25, 0.3) is 5.69 Å². The number of Topliss-reactive ketones (excluding diaryl/α,β-unsaturated/α-hetero) is 1. The van der Waals surface area contributed by atoms with Crippen LogP contribution in [-0.4, -0.2) is 30.1 Å². The molecule has 2 aromatic rings. The predicted octanol–water partition coefficient (Wildman–Crippen LogP) is 3.16. The molecule has 2 heterocycles. The SMILES string of the molecule is Cc1c(C(=O)CN)cc(CCC2CCOCC2)n1-c1ccc(C#N)cc1. The Morgan fingerprint density at radius 1 is 1.31 bits per heavy atom. The van der Waals surface area contributed by atoms with Crippen LogP contribution in [-0.2, 0) is 11.2 Å². The van der Waals surface area contributed by atoms with Gasteiger partial charge in [-0.2, -0.15) is 5.26 Å². The summed E-state index contributed by atoms with van der Waals surface area (Å²) in [6.45, 7) is 3.66. The maximum absolute atomic E-state index is 12.2. The molecule has 0 radical (unpaired) electrons. The Labute approximate surface area is 154 Å². The van der Waals surface area contributed by atoms with Crippen LogP contribution in [0.15, 0.2) is 30.3 Å². The van der Waals surface area contributed by atoms with Crippen LogP contribution in [0, 0.1) is 24.2 Å². The first-order chi connectivity index (χ1) is 12.6. The summed E-state index contributed by atoms with van der Waals surface area (Å²) in [5.41, 5.74) is 9.91. The molecule has 136 valence electrons. The van der Waals surface area contributed by atoms with Crippen molar-refractivity contribution >= 4 is 5.78 Å². The molecule has 0 saturated carbocycles. The average Bonchev–Trinajstić information content (AvgIpc) is 3.03. The maximum Gasteiger partial charge on any atom is 0.178 e. The molecule has 1 aliphatic rings. The lowest BCUT2D eigenvalue weighted by Crippen LogP contribution is -2.16. The second-order valence-electron chi connectivity index (χ2n) is 6.85. The highest BCUT2D eigenvalue weighted by atomic mass is 16.5. The third-order valence-electron chi connectivity index (χ3n) is 5.21. The molecule has 1 aliphatic heterocycles. The van der Waals surface area contributed by atoms with Gasteiger partial charge >= 0.3 is 0 Å². The number of nitrogens with zero attached hydrogens (tertiary/aromatic N) is 2. The van der Waals surface area contributed by atoms with E-state index in [-0.39, 0.29) is 12.3 Å². The van der Waals surface area contributed by atoms with Crippen molar-refractivity contribution in [1.82, 2.24) is 4.57 Å². The molecule has 0 unspecified atom stereocenters. The van der Waals surface area contributed by atoms with Gasteiger partial charge in [-0.15, -0.1) is 0 Å². The Bertz CT molecular complexity index is 809. The van der Waals surface area contributed by atoms with E-state index in [1.54, 1.807) is 12.1 Å². The number of rotatable bonds is 6. The van der Waals surface area contributed by atoms with Gasteiger partial charge in [-0.05, 0) is 68.9 Å². The minimum atomic E-state index is -0.0396. The number of nitrogens with two attached hydrogens (primary N) is 1. The molecule has 0 bridgehead atoms. The van der Waals surface area contributed by atoms with E-state index in [2.05, 4.69) is 10.6 Å². The minimum absolute atomic E-state index is 0.0115. The van der Waals surface area contributed by atoms with Crippen LogP contribution >= 0.6 is 0 Å². The van der Waals surface area contributed by atoms with Crippen LogP contribution in [0.1, 0.15) is 46.6 Å². The molecule has 0 amide bonds. The summed E-state index contributed by atoms with van der Waals surface area (Å²) in [5, 5.41) is 9.02. The third kappa shape index (κ3) is 3.87.